The molecule has 6 nitrogen and oxygen atoms in total. The number of para-hydroxylation sites is 1. The number of nitrogens with one attached hydrogen (secondary N) is 1. The van der Waals surface area contributed by atoms with E-state index in [9.17, 15) is 4.79 Å². The van der Waals surface area contributed by atoms with Crippen LogP contribution in [0.4, 0.5) is 0 Å². The fraction of sp³-hybridized carbons (Fsp3) is 0.217. The standard InChI is InChI=1S/C23H26N4O2/c1-26(2)22(19-8-7-11-21(14-19)29-3)16-24-23(28)13-12-18-15-25-27(17-18)20-9-5-4-6-10-20/h4-15,17,22H,16H2,1-3H3,(H,24,28)/b13-12+. The molecule has 3 rings (SSSR count). The van der Waals surface area contributed by atoms with Gasteiger partial charge in [-0.2, -0.15) is 5.10 Å². The van der Waals surface area contributed by atoms with Gasteiger partial charge in [0.15, 0.2) is 0 Å². The first kappa shape index (κ1) is 20.4. The van der Waals surface area contributed by atoms with Gasteiger partial charge in [0.25, 0.3) is 0 Å². The zero-order valence-electron chi connectivity index (χ0n) is 16.9. The first-order valence-electron chi connectivity index (χ1n) is 9.43. The zero-order chi connectivity index (χ0) is 20.6. The average Bonchev–Trinajstić information content (AvgIpc) is 3.22. The summed E-state index contributed by atoms with van der Waals surface area (Å²) in [5.41, 5.74) is 2.92. The molecule has 1 heterocycles. The Kier molecular flexibility index (Phi) is 6.81. The van der Waals surface area contributed by atoms with Crippen LogP contribution in [0.25, 0.3) is 11.8 Å². The van der Waals surface area contributed by atoms with E-state index in [2.05, 4.69) is 15.3 Å². The summed E-state index contributed by atoms with van der Waals surface area (Å²) in [6.45, 7) is 0.493. The Labute approximate surface area is 171 Å². The number of methoxy groups -OCH3 is 1. The minimum atomic E-state index is -0.146. The smallest absolute Gasteiger partial charge is 0.244 e. The summed E-state index contributed by atoms with van der Waals surface area (Å²) in [5.74, 6) is 0.656. The topological polar surface area (TPSA) is 59.4 Å². The fourth-order valence-electron chi connectivity index (χ4n) is 3.02. The maximum Gasteiger partial charge on any atom is 0.244 e. The second-order valence-corrected chi connectivity index (χ2v) is 6.89. The van der Waals surface area contributed by atoms with Crippen molar-refractivity contribution < 1.29 is 9.53 Å². The Morgan fingerprint density at radius 3 is 2.72 bits per heavy atom. The van der Waals surface area contributed by atoms with Gasteiger partial charge in [-0.3, -0.25) is 4.79 Å². The Morgan fingerprint density at radius 1 is 1.21 bits per heavy atom. The molecule has 1 N–H and O–H groups in total. The highest BCUT2D eigenvalue weighted by atomic mass is 16.5. The zero-order valence-corrected chi connectivity index (χ0v) is 16.9. The summed E-state index contributed by atoms with van der Waals surface area (Å²) >= 11 is 0. The number of hydrogen-bond acceptors (Lipinski definition) is 4. The highest BCUT2D eigenvalue weighted by Crippen LogP contribution is 2.22. The van der Waals surface area contributed by atoms with Crippen LogP contribution >= 0.6 is 0 Å². The molecule has 1 amide bonds. The first-order valence-corrected chi connectivity index (χ1v) is 9.43. The van der Waals surface area contributed by atoms with Crippen LogP contribution in [0.15, 0.2) is 73.1 Å². The van der Waals surface area contributed by atoms with Gasteiger partial charge in [0.2, 0.25) is 5.91 Å². The Balaban J connectivity index is 1.60. The second kappa shape index (κ2) is 9.71. The van der Waals surface area contributed by atoms with Gasteiger partial charge in [-0.15, -0.1) is 0 Å². The predicted molar refractivity (Wildman–Crippen MR) is 115 cm³/mol. The maximum absolute atomic E-state index is 12.3. The van der Waals surface area contributed by atoms with Crippen LogP contribution in [0.1, 0.15) is 17.2 Å². The van der Waals surface area contributed by atoms with Crippen LogP contribution in [0, 0.1) is 0 Å². The van der Waals surface area contributed by atoms with Gasteiger partial charge in [0.1, 0.15) is 5.75 Å². The van der Waals surface area contributed by atoms with Crippen molar-refractivity contribution in [3.63, 3.8) is 0 Å². The summed E-state index contributed by atoms with van der Waals surface area (Å²) in [7, 11) is 5.63. The Bertz CT molecular complexity index is 964. The molecule has 1 aromatic heterocycles. The third kappa shape index (κ3) is 5.56. The summed E-state index contributed by atoms with van der Waals surface area (Å²) < 4.78 is 7.09. The molecule has 3 aromatic rings. The highest BCUT2D eigenvalue weighted by Gasteiger charge is 2.15. The number of amides is 1. The lowest BCUT2D eigenvalue weighted by Crippen LogP contribution is -2.33. The van der Waals surface area contributed by atoms with E-state index in [1.54, 1.807) is 24.1 Å². The number of aromatic nitrogens is 2. The van der Waals surface area contributed by atoms with Crippen LogP contribution in [-0.2, 0) is 4.79 Å². The van der Waals surface area contributed by atoms with E-state index in [1.165, 1.54) is 6.08 Å². The lowest BCUT2D eigenvalue weighted by molar-refractivity contribution is -0.116. The lowest BCUT2D eigenvalue weighted by atomic mass is 10.1. The van der Waals surface area contributed by atoms with Gasteiger partial charge in [-0.25, -0.2) is 4.68 Å². The SMILES string of the molecule is COc1cccc(C(CNC(=O)/C=C/c2cnn(-c3ccccc3)c2)N(C)C)c1. The monoisotopic (exact) mass is 390 g/mol. The van der Waals surface area contributed by atoms with E-state index in [0.29, 0.717) is 6.54 Å². The molecule has 150 valence electrons. The molecule has 0 spiro atoms. The molecule has 0 fully saturated rings. The van der Waals surface area contributed by atoms with E-state index in [0.717, 1.165) is 22.6 Å². The van der Waals surface area contributed by atoms with Crippen molar-refractivity contribution in [1.82, 2.24) is 20.0 Å². The number of ether oxygens (including phenoxy) is 1. The van der Waals surface area contributed by atoms with Crippen molar-refractivity contribution in [1.29, 1.82) is 0 Å². The minimum absolute atomic E-state index is 0.0447. The minimum Gasteiger partial charge on any atom is -0.497 e. The summed E-state index contributed by atoms with van der Waals surface area (Å²) in [4.78, 5) is 14.4. The number of carbonyl (C=O) groups is 1. The van der Waals surface area contributed by atoms with E-state index in [1.807, 2.05) is 74.9 Å². The maximum atomic E-state index is 12.3. The number of benzene rings is 2. The summed E-state index contributed by atoms with van der Waals surface area (Å²) in [5, 5.41) is 7.31. The molecule has 2 aromatic carbocycles. The molecule has 0 aliphatic carbocycles. The number of carbonyl (C=O) groups excluding carboxylic acids is 1. The molecular formula is C23H26N4O2. The highest BCUT2D eigenvalue weighted by molar-refractivity contribution is 5.91. The van der Waals surface area contributed by atoms with Gasteiger partial charge in [0, 0.05) is 24.4 Å². The van der Waals surface area contributed by atoms with Crippen LogP contribution in [0.3, 0.4) is 0 Å². The van der Waals surface area contributed by atoms with Crippen molar-refractivity contribution in [2.75, 3.05) is 27.7 Å². The van der Waals surface area contributed by atoms with Crippen molar-refractivity contribution in [3.05, 3.63) is 84.2 Å². The molecule has 0 aliphatic rings. The van der Waals surface area contributed by atoms with Crippen molar-refractivity contribution in [2.45, 2.75) is 6.04 Å². The molecule has 0 aliphatic heterocycles. The first-order chi connectivity index (χ1) is 14.1. The number of nitrogens with zero attached hydrogens (tertiary/aromatic N) is 3. The van der Waals surface area contributed by atoms with Gasteiger partial charge in [0.05, 0.1) is 25.0 Å². The van der Waals surface area contributed by atoms with E-state index >= 15 is 0 Å². The Hall–Kier alpha value is -3.38. The molecule has 1 atom stereocenters. The predicted octanol–water partition coefficient (Wildman–Crippen LogP) is 3.31. The summed E-state index contributed by atoms with van der Waals surface area (Å²) in [6.07, 6.45) is 6.91. The van der Waals surface area contributed by atoms with E-state index in [4.69, 9.17) is 4.74 Å². The van der Waals surface area contributed by atoms with E-state index in [-0.39, 0.29) is 11.9 Å². The van der Waals surface area contributed by atoms with Gasteiger partial charge in [-0.05, 0) is 50.0 Å². The number of likely N-dealkylation sites (N-methyl/N-ethyl adjacent to an activating group) is 1. The summed E-state index contributed by atoms with van der Waals surface area (Å²) in [6, 6.07) is 17.8. The second-order valence-electron chi connectivity index (χ2n) is 6.89. The molecule has 29 heavy (non-hydrogen) atoms. The average molecular weight is 390 g/mol. The molecular weight excluding hydrogens is 364 g/mol. The van der Waals surface area contributed by atoms with Crippen molar-refractivity contribution in [3.8, 4) is 11.4 Å². The largest absolute Gasteiger partial charge is 0.497 e. The molecule has 0 saturated carbocycles. The van der Waals surface area contributed by atoms with Crippen LogP contribution in [0.5, 0.6) is 5.75 Å². The van der Waals surface area contributed by atoms with Gasteiger partial charge >= 0.3 is 0 Å². The molecule has 6 heteroatoms. The molecule has 0 bridgehead atoms. The molecule has 0 saturated heterocycles. The van der Waals surface area contributed by atoms with Gasteiger partial charge in [-0.1, -0.05) is 30.3 Å². The quantitative estimate of drug-likeness (QED) is 0.600. The third-order valence-corrected chi connectivity index (χ3v) is 4.62. The normalized spacial score (nSPS) is 12.3. The lowest BCUT2D eigenvalue weighted by Gasteiger charge is -2.25. The van der Waals surface area contributed by atoms with Crippen molar-refractivity contribution >= 4 is 12.0 Å². The third-order valence-electron chi connectivity index (χ3n) is 4.62. The molecule has 1 unspecified atom stereocenters. The van der Waals surface area contributed by atoms with Crippen LogP contribution in [0.2, 0.25) is 0 Å². The van der Waals surface area contributed by atoms with Gasteiger partial charge < -0.3 is 15.0 Å². The number of rotatable bonds is 8. The van der Waals surface area contributed by atoms with E-state index < -0.39 is 0 Å². The fourth-order valence-corrected chi connectivity index (χ4v) is 3.02. The molecule has 0 radical (unpaired) electrons. The Morgan fingerprint density at radius 2 is 2.00 bits per heavy atom. The van der Waals surface area contributed by atoms with Crippen LogP contribution < -0.4 is 10.1 Å². The van der Waals surface area contributed by atoms with Crippen molar-refractivity contribution in [2.24, 2.45) is 0 Å². The van der Waals surface area contributed by atoms with Crippen LogP contribution in [-0.4, -0.2) is 48.3 Å². The number of hydrogen-bond donors (Lipinski definition) is 1.